The van der Waals surface area contributed by atoms with Crippen LogP contribution in [0.2, 0.25) is 0 Å². The highest BCUT2D eigenvalue weighted by atomic mass is 16.6. The molecule has 0 aliphatic rings. The van der Waals surface area contributed by atoms with Crippen molar-refractivity contribution in [3.05, 3.63) is 59.7 Å². The number of benzene rings is 2. The summed E-state index contributed by atoms with van der Waals surface area (Å²) in [5.74, 6) is 0.639. The minimum absolute atomic E-state index is 0.290. The number of hydrogen-bond donors (Lipinski definition) is 1. The number of aliphatic carboxylic acids is 1. The molecule has 1 amide bonds. The maximum Gasteiger partial charge on any atom is 0.415 e. The van der Waals surface area contributed by atoms with Gasteiger partial charge in [-0.2, -0.15) is 0 Å². The zero-order chi connectivity index (χ0) is 26.3. The van der Waals surface area contributed by atoms with Crippen LogP contribution in [0.3, 0.4) is 0 Å². The van der Waals surface area contributed by atoms with Crippen molar-refractivity contribution >= 4 is 12.1 Å². The van der Waals surface area contributed by atoms with E-state index < -0.39 is 12.1 Å². The van der Waals surface area contributed by atoms with Crippen molar-refractivity contribution < 1.29 is 28.9 Å². The summed E-state index contributed by atoms with van der Waals surface area (Å²) in [4.78, 5) is 26.1. The van der Waals surface area contributed by atoms with Crippen molar-refractivity contribution in [1.82, 2.24) is 4.90 Å². The topological polar surface area (TPSA) is 85.3 Å². The van der Waals surface area contributed by atoms with Crippen LogP contribution in [0.15, 0.2) is 48.5 Å². The molecular formula is C29H41NO6. The Morgan fingerprint density at radius 2 is 1.67 bits per heavy atom. The Hall–Kier alpha value is -3.06. The lowest BCUT2D eigenvalue weighted by molar-refractivity contribution is -0.149. The molecule has 7 heteroatoms. The highest BCUT2D eigenvalue weighted by Crippen LogP contribution is 2.19. The molecule has 0 fully saturated rings. The van der Waals surface area contributed by atoms with Crippen LogP contribution in [-0.2, 0) is 16.0 Å². The summed E-state index contributed by atoms with van der Waals surface area (Å²) in [6, 6.07) is 14.8. The second-order valence-corrected chi connectivity index (χ2v) is 9.05. The summed E-state index contributed by atoms with van der Waals surface area (Å²) < 4.78 is 16.9. The third kappa shape index (κ3) is 10.3. The summed E-state index contributed by atoms with van der Waals surface area (Å²) >= 11 is 0. The predicted molar refractivity (Wildman–Crippen MR) is 141 cm³/mol. The Bertz CT molecular complexity index is 924. The van der Waals surface area contributed by atoms with E-state index in [9.17, 15) is 14.7 Å². The number of aryl methyl sites for hydroxylation is 1. The molecule has 0 aliphatic heterocycles. The van der Waals surface area contributed by atoms with Gasteiger partial charge >= 0.3 is 12.1 Å². The fourth-order valence-electron chi connectivity index (χ4n) is 4.18. The second-order valence-electron chi connectivity index (χ2n) is 9.05. The molecule has 7 nitrogen and oxygen atoms in total. The van der Waals surface area contributed by atoms with Crippen LogP contribution in [0.1, 0.15) is 57.6 Å². The summed E-state index contributed by atoms with van der Waals surface area (Å²) in [6.45, 7) is 9.77. The van der Waals surface area contributed by atoms with Crippen molar-refractivity contribution in [3.63, 3.8) is 0 Å². The number of carbonyl (C=O) groups excluding carboxylic acids is 1. The van der Waals surface area contributed by atoms with E-state index in [4.69, 9.17) is 14.2 Å². The summed E-state index contributed by atoms with van der Waals surface area (Å²) in [5, 5.41) is 9.28. The lowest BCUT2D eigenvalue weighted by Crippen LogP contribution is -2.40. The van der Waals surface area contributed by atoms with Crippen LogP contribution in [0.4, 0.5) is 4.79 Å². The Morgan fingerprint density at radius 1 is 0.972 bits per heavy atom. The Kier molecular flexibility index (Phi) is 12.8. The van der Waals surface area contributed by atoms with Gasteiger partial charge in [-0.05, 0) is 68.0 Å². The number of carboxylic acids is 1. The molecule has 1 N–H and O–H groups in total. The van der Waals surface area contributed by atoms with Gasteiger partial charge in [0, 0.05) is 19.6 Å². The van der Waals surface area contributed by atoms with Crippen LogP contribution in [-0.4, -0.2) is 54.5 Å². The van der Waals surface area contributed by atoms with Gasteiger partial charge in [0.25, 0.3) is 0 Å². The highest BCUT2D eigenvalue weighted by molar-refractivity contribution is 5.72. The average Bonchev–Trinajstić information content (AvgIpc) is 2.84. The first kappa shape index (κ1) is 29.2. The number of nitrogens with zero attached hydrogens (tertiary/aromatic N) is 1. The van der Waals surface area contributed by atoms with Crippen molar-refractivity contribution in [2.45, 2.75) is 65.9 Å². The van der Waals surface area contributed by atoms with Gasteiger partial charge in [-0.25, -0.2) is 9.59 Å². The summed E-state index contributed by atoms with van der Waals surface area (Å²) in [5.41, 5.74) is 1.89. The van der Waals surface area contributed by atoms with Gasteiger partial charge < -0.3 is 24.2 Å². The first-order chi connectivity index (χ1) is 17.4. The smallest absolute Gasteiger partial charge is 0.415 e. The zero-order valence-corrected chi connectivity index (χ0v) is 22.1. The van der Waals surface area contributed by atoms with Crippen LogP contribution in [0, 0.1) is 12.8 Å². The molecule has 1 unspecified atom stereocenters. The molecule has 0 aliphatic carbocycles. The standard InChI is InChI=1S/C29H41NO6/c1-5-9-24(10-6-2)21-30(29(33)36-26-12-8-11-22(4)19-26)17-18-35-25-15-13-23(14-16-25)20-27(28(31)32)34-7-3/h8,11-16,19,24,27H,5-7,9-10,17-18,20-21H2,1-4H3,(H,31,32). The number of carboxylic acid groups (broad SMARTS) is 1. The van der Waals surface area contributed by atoms with E-state index >= 15 is 0 Å². The van der Waals surface area contributed by atoms with Gasteiger partial charge in [0.1, 0.15) is 18.1 Å². The van der Waals surface area contributed by atoms with Crippen molar-refractivity contribution in [3.8, 4) is 11.5 Å². The molecule has 1 atom stereocenters. The largest absolute Gasteiger partial charge is 0.492 e. The van der Waals surface area contributed by atoms with Crippen molar-refractivity contribution in [2.24, 2.45) is 5.92 Å². The molecule has 0 spiro atoms. The molecule has 2 aromatic carbocycles. The van der Waals surface area contributed by atoms with Gasteiger partial charge in [-0.3, -0.25) is 0 Å². The quantitative estimate of drug-likeness (QED) is 0.299. The van der Waals surface area contributed by atoms with Gasteiger partial charge in [-0.1, -0.05) is 51.0 Å². The molecule has 0 aromatic heterocycles. The Labute approximate surface area is 215 Å². The highest BCUT2D eigenvalue weighted by Gasteiger charge is 2.21. The molecule has 198 valence electrons. The minimum atomic E-state index is -0.973. The van der Waals surface area contributed by atoms with Crippen molar-refractivity contribution in [1.29, 1.82) is 0 Å². The van der Waals surface area contributed by atoms with E-state index in [1.165, 1.54) is 0 Å². The molecular weight excluding hydrogens is 458 g/mol. The maximum absolute atomic E-state index is 13.1. The maximum atomic E-state index is 13.1. The van der Waals surface area contributed by atoms with Crippen LogP contribution in [0.5, 0.6) is 11.5 Å². The molecule has 0 saturated heterocycles. The van der Waals surface area contributed by atoms with Crippen LogP contribution in [0.25, 0.3) is 0 Å². The lowest BCUT2D eigenvalue weighted by Gasteiger charge is -2.27. The average molecular weight is 500 g/mol. The summed E-state index contributed by atoms with van der Waals surface area (Å²) in [6.07, 6.45) is 3.31. The van der Waals surface area contributed by atoms with Crippen LogP contribution >= 0.6 is 0 Å². The predicted octanol–water partition coefficient (Wildman–Crippen LogP) is 6.12. The molecule has 0 saturated carbocycles. The van der Waals surface area contributed by atoms with E-state index in [1.54, 1.807) is 17.9 Å². The zero-order valence-electron chi connectivity index (χ0n) is 22.1. The number of rotatable bonds is 16. The molecule has 0 radical (unpaired) electrons. The SMILES string of the molecule is CCCC(CCC)CN(CCOc1ccc(CC(OCC)C(=O)O)cc1)C(=O)Oc1cccc(C)c1. The van der Waals surface area contributed by atoms with E-state index in [0.717, 1.165) is 36.8 Å². The number of ether oxygens (including phenoxy) is 3. The van der Waals surface area contributed by atoms with E-state index in [0.29, 0.717) is 43.7 Å². The number of amides is 1. The second kappa shape index (κ2) is 15.8. The fraction of sp³-hybridized carbons (Fsp3) is 0.517. The molecule has 2 rings (SSSR count). The molecule has 2 aromatic rings. The minimum Gasteiger partial charge on any atom is -0.492 e. The Balaban J connectivity index is 2.00. The lowest BCUT2D eigenvalue weighted by atomic mass is 9.98. The van der Waals surface area contributed by atoms with E-state index in [-0.39, 0.29) is 12.5 Å². The monoisotopic (exact) mass is 499 g/mol. The normalized spacial score (nSPS) is 11.8. The third-order valence-electron chi connectivity index (χ3n) is 5.94. The molecule has 36 heavy (non-hydrogen) atoms. The first-order valence-corrected chi connectivity index (χ1v) is 13.0. The number of hydrogen-bond acceptors (Lipinski definition) is 5. The van der Waals surface area contributed by atoms with Gasteiger partial charge in [-0.15, -0.1) is 0 Å². The van der Waals surface area contributed by atoms with Crippen LogP contribution < -0.4 is 9.47 Å². The van der Waals surface area contributed by atoms with Gasteiger partial charge in [0.05, 0.1) is 6.54 Å². The van der Waals surface area contributed by atoms with Gasteiger partial charge in [0.15, 0.2) is 6.10 Å². The molecule has 0 heterocycles. The fourth-order valence-corrected chi connectivity index (χ4v) is 4.18. The third-order valence-corrected chi connectivity index (χ3v) is 5.94. The first-order valence-electron chi connectivity index (χ1n) is 13.0. The van der Waals surface area contributed by atoms with Crippen molar-refractivity contribution in [2.75, 3.05) is 26.3 Å². The summed E-state index contributed by atoms with van der Waals surface area (Å²) in [7, 11) is 0. The van der Waals surface area contributed by atoms with E-state index in [2.05, 4.69) is 13.8 Å². The van der Waals surface area contributed by atoms with Gasteiger partial charge in [0.2, 0.25) is 0 Å². The Morgan fingerprint density at radius 3 is 2.25 bits per heavy atom. The van der Waals surface area contributed by atoms with E-state index in [1.807, 2.05) is 49.4 Å². The number of carbonyl (C=O) groups is 2. The molecule has 0 bridgehead atoms.